The fourth-order valence-electron chi connectivity index (χ4n) is 2.33. The van der Waals surface area contributed by atoms with Gasteiger partial charge in [0.25, 0.3) is 5.56 Å². The van der Waals surface area contributed by atoms with Gasteiger partial charge in [-0.3, -0.25) is 9.59 Å². The minimum Gasteiger partial charge on any atom is -0.356 e. The van der Waals surface area contributed by atoms with Crippen LogP contribution in [0.2, 0.25) is 0 Å². The Morgan fingerprint density at radius 1 is 1.38 bits per heavy atom. The third kappa shape index (κ3) is 4.31. The molecule has 1 N–H and O–H groups in total. The first-order valence-electron chi connectivity index (χ1n) is 8.22. The molecule has 2 heterocycles. The molecule has 0 saturated carbocycles. The maximum Gasteiger partial charge on any atom is 0.261 e. The van der Waals surface area contributed by atoms with Gasteiger partial charge in [-0.1, -0.05) is 19.0 Å². The Hall–Kier alpha value is -2.44. The molecule has 1 amide bonds. The van der Waals surface area contributed by atoms with Crippen LogP contribution >= 0.6 is 0 Å². The zero-order chi connectivity index (χ0) is 17.7. The molecule has 2 aromatic rings. The van der Waals surface area contributed by atoms with Crippen molar-refractivity contribution >= 4 is 5.91 Å². The highest BCUT2D eigenvalue weighted by molar-refractivity contribution is 5.76. The number of aryl methyl sites for hydroxylation is 2. The summed E-state index contributed by atoms with van der Waals surface area (Å²) in [7, 11) is 0. The van der Waals surface area contributed by atoms with E-state index in [1.807, 2.05) is 33.8 Å². The van der Waals surface area contributed by atoms with Crippen molar-refractivity contribution in [1.29, 1.82) is 0 Å². The molecule has 2 aromatic heterocycles. The van der Waals surface area contributed by atoms with Crippen LogP contribution in [0.3, 0.4) is 0 Å². The monoisotopic (exact) mass is 332 g/mol. The minimum absolute atomic E-state index is 0.0490. The van der Waals surface area contributed by atoms with Gasteiger partial charge in [-0.15, -0.1) is 0 Å². The van der Waals surface area contributed by atoms with Crippen molar-refractivity contribution in [3.63, 3.8) is 0 Å². The second-order valence-corrected chi connectivity index (χ2v) is 6.15. The average molecular weight is 332 g/mol. The van der Waals surface area contributed by atoms with Gasteiger partial charge in [0.1, 0.15) is 0 Å². The van der Waals surface area contributed by atoms with Crippen molar-refractivity contribution in [2.24, 2.45) is 5.92 Å². The van der Waals surface area contributed by atoms with Gasteiger partial charge >= 0.3 is 0 Å². The maximum atomic E-state index is 12.4. The van der Waals surface area contributed by atoms with E-state index in [1.165, 1.54) is 0 Å². The third-order valence-corrected chi connectivity index (χ3v) is 3.69. The Labute approximate surface area is 141 Å². The lowest BCUT2D eigenvalue weighted by Crippen LogP contribution is -2.27. The summed E-state index contributed by atoms with van der Waals surface area (Å²) in [5, 5.41) is 6.71. The van der Waals surface area contributed by atoms with Crippen LogP contribution in [0.5, 0.6) is 0 Å². The normalized spacial score (nSPS) is 11.0. The standard InChI is InChI=1S/C17H24N4O3/c1-5-21-12(4)6-7-13(17(21)23)16-19-15(24-20-16)9-8-14(22)18-10-11(2)3/h6-7,11H,5,8-10H2,1-4H3,(H,18,22). The fourth-order valence-corrected chi connectivity index (χ4v) is 2.33. The molecule has 7 heteroatoms. The summed E-state index contributed by atoms with van der Waals surface area (Å²) in [4.78, 5) is 28.4. The molecule has 130 valence electrons. The maximum absolute atomic E-state index is 12.4. The molecule has 0 saturated heterocycles. The number of nitrogens with zero attached hydrogens (tertiary/aromatic N) is 3. The number of nitrogens with one attached hydrogen (secondary N) is 1. The zero-order valence-electron chi connectivity index (χ0n) is 14.6. The number of carbonyl (C=O) groups is 1. The number of carbonyl (C=O) groups excluding carboxylic acids is 1. The summed E-state index contributed by atoms with van der Waals surface area (Å²) < 4.78 is 6.82. The molecule has 0 aliphatic carbocycles. The van der Waals surface area contributed by atoms with Crippen molar-refractivity contribution < 1.29 is 9.32 Å². The molecule has 2 rings (SSSR count). The number of aromatic nitrogens is 3. The van der Waals surface area contributed by atoms with Crippen molar-refractivity contribution in [2.75, 3.05) is 6.54 Å². The second kappa shape index (κ2) is 7.90. The van der Waals surface area contributed by atoms with Gasteiger partial charge in [0.2, 0.25) is 17.6 Å². The predicted octanol–water partition coefficient (Wildman–Crippen LogP) is 1.93. The Morgan fingerprint density at radius 3 is 2.79 bits per heavy atom. The molecule has 0 bridgehead atoms. The molecule has 0 spiro atoms. The lowest BCUT2D eigenvalue weighted by molar-refractivity contribution is -0.121. The second-order valence-electron chi connectivity index (χ2n) is 6.15. The first-order valence-corrected chi connectivity index (χ1v) is 8.22. The van der Waals surface area contributed by atoms with E-state index in [-0.39, 0.29) is 23.7 Å². The van der Waals surface area contributed by atoms with E-state index in [1.54, 1.807) is 10.6 Å². The first-order chi connectivity index (χ1) is 11.4. The molecule has 24 heavy (non-hydrogen) atoms. The van der Waals surface area contributed by atoms with Crippen molar-refractivity contribution in [1.82, 2.24) is 20.0 Å². The molecular weight excluding hydrogens is 308 g/mol. The van der Waals surface area contributed by atoms with E-state index in [0.29, 0.717) is 36.9 Å². The number of pyridine rings is 1. The molecule has 0 aromatic carbocycles. The smallest absolute Gasteiger partial charge is 0.261 e. The SMILES string of the molecule is CCn1c(C)ccc(-c2noc(CCC(=O)NCC(C)C)n2)c1=O. The lowest BCUT2D eigenvalue weighted by Gasteiger charge is -2.07. The Balaban J connectivity index is 2.06. The van der Waals surface area contributed by atoms with E-state index in [9.17, 15) is 9.59 Å². The van der Waals surface area contributed by atoms with Crippen LogP contribution in [-0.2, 0) is 17.8 Å². The van der Waals surface area contributed by atoms with Crippen LogP contribution in [0.1, 0.15) is 38.8 Å². The summed E-state index contributed by atoms with van der Waals surface area (Å²) >= 11 is 0. The van der Waals surface area contributed by atoms with Crippen LogP contribution in [0.4, 0.5) is 0 Å². The van der Waals surface area contributed by atoms with Crippen LogP contribution in [0, 0.1) is 12.8 Å². The highest BCUT2D eigenvalue weighted by atomic mass is 16.5. The van der Waals surface area contributed by atoms with Gasteiger partial charge in [-0.2, -0.15) is 4.98 Å². The van der Waals surface area contributed by atoms with E-state index in [2.05, 4.69) is 15.5 Å². The van der Waals surface area contributed by atoms with Crippen molar-refractivity contribution in [2.45, 2.75) is 47.1 Å². The first kappa shape index (κ1) is 17.9. The average Bonchev–Trinajstić information content (AvgIpc) is 3.00. The Kier molecular flexibility index (Phi) is 5.89. The number of rotatable bonds is 7. The largest absolute Gasteiger partial charge is 0.356 e. The van der Waals surface area contributed by atoms with Crippen LogP contribution in [0.15, 0.2) is 21.5 Å². The topological polar surface area (TPSA) is 90.0 Å². The summed E-state index contributed by atoms with van der Waals surface area (Å²) in [6.07, 6.45) is 0.631. The van der Waals surface area contributed by atoms with Gasteiger partial charge in [-0.25, -0.2) is 0 Å². The van der Waals surface area contributed by atoms with Gasteiger partial charge in [-0.05, 0) is 31.9 Å². The highest BCUT2D eigenvalue weighted by Crippen LogP contribution is 2.13. The molecule has 0 aliphatic heterocycles. The Morgan fingerprint density at radius 2 is 2.12 bits per heavy atom. The molecule has 0 fully saturated rings. The van der Waals surface area contributed by atoms with Crippen molar-refractivity contribution in [3.8, 4) is 11.4 Å². The summed E-state index contributed by atoms with van der Waals surface area (Å²) in [6, 6.07) is 3.56. The Bertz CT molecular complexity index is 761. The van der Waals surface area contributed by atoms with Gasteiger partial charge in [0.15, 0.2) is 0 Å². The number of amides is 1. The van der Waals surface area contributed by atoms with E-state index in [0.717, 1.165) is 5.69 Å². The van der Waals surface area contributed by atoms with E-state index < -0.39 is 0 Å². The van der Waals surface area contributed by atoms with Crippen LogP contribution in [0.25, 0.3) is 11.4 Å². The summed E-state index contributed by atoms with van der Waals surface area (Å²) in [5.41, 5.74) is 1.15. The fraction of sp³-hybridized carbons (Fsp3) is 0.529. The van der Waals surface area contributed by atoms with E-state index in [4.69, 9.17) is 4.52 Å². The zero-order valence-corrected chi connectivity index (χ0v) is 14.6. The van der Waals surface area contributed by atoms with E-state index >= 15 is 0 Å². The molecule has 0 aliphatic rings. The summed E-state index contributed by atoms with van der Waals surface area (Å²) in [6.45, 7) is 9.10. The number of hydrogen-bond acceptors (Lipinski definition) is 5. The predicted molar refractivity (Wildman–Crippen MR) is 90.6 cm³/mol. The molecule has 7 nitrogen and oxygen atoms in total. The van der Waals surface area contributed by atoms with Crippen molar-refractivity contribution in [3.05, 3.63) is 34.1 Å². The summed E-state index contributed by atoms with van der Waals surface area (Å²) in [5.74, 6) is 0.978. The highest BCUT2D eigenvalue weighted by Gasteiger charge is 2.15. The van der Waals surface area contributed by atoms with Gasteiger partial charge < -0.3 is 14.4 Å². The third-order valence-electron chi connectivity index (χ3n) is 3.69. The van der Waals surface area contributed by atoms with Crippen LogP contribution in [-0.4, -0.2) is 27.2 Å². The van der Waals surface area contributed by atoms with Crippen LogP contribution < -0.4 is 10.9 Å². The number of hydrogen-bond donors (Lipinski definition) is 1. The minimum atomic E-state index is -0.139. The van der Waals surface area contributed by atoms with Gasteiger partial charge in [0.05, 0.1) is 5.56 Å². The molecule has 0 unspecified atom stereocenters. The molecule has 0 radical (unpaired) electrons. The molecule has 0 atom stereocenters. The lowest BCUT2D eigenvalue weighted by atomic mass is 10.2. The molecular formula is C17H24N4O3. The van der Waals surface area contributed by atoms with Gasteiger partial charge in [0, 0.05) is 31.6 Å². The quantitative estimate of drug-likeness (QED) is 0.837.